The molecule has 2 aromatic heterocycles. The first-order chi connectivity index (χ1) is 13.6. The molecule has 1 aromatic carbocycles. The summed E-state index contributed by atoms with van der Waals surface area (Å²) in [5.74, 6) is 1.02. The van der Waals surface area contributed by atoms with Crippen molar-refractivity contribution in [3.63, 3.8) is 0 Å². The number of rotatable bonds is 5. The van der Waals surface area contributed by atoms with Crippen LogP contribution in [0.2, 0.25) is 0 Å². The Kier molecular flexibility index (Phi) is 5.18. The van der Waals surface area contributed by atoms with Crippen LogP contribution in [0, 0.1) is 12.8 Å². The Morgan fingerprint density at radius 3 is 2.93 bits per heavy atom. The van der Waals surface area contributed by atoms with E-state index >= 15 is 0 Å². The highest BCUT2D eigenvalue weighted by atomic mass is 16.2. The normalized spacial score (nSPS) is 17.2. The van der Waals surface area contributed by atoms with Crippen molar-refractivity contribution in [1.82, 2.24) is 29.9 Å². The zero-order valence-electron chi connectivity index (χ0n) is 16.0. The van der Waals surface area contributed by atoms with E-state index in [9.17, 15) is 9.59 Å². The Balaban J connectivity index is 1.40. The van der Waals surface area contributed by atoms with E-state index in [2.05, 4.69) is 32.4 Å². The molecule has 1 aliphatic rings. The van der Waals surface area contributed by atoms with E-state index in [1.165, 1.54) is 5.56 Å². The van der Waals surface area contributed by atoms with E-state index in [1.807, 2.05) is 23.1 Å². The summed E-state index contributed by atoms with van der Waals surface area (Å²) < 4.78 is 1.69. The van der Waals surface area contributed by atoms with E-state index in [-0.39, 0.29) is 22.9 Å². The zero-order chi connectivity index (χ0) is 19.5. The summed E-state index contributed by atoms with van der Waals surface area (Å²) >= 11 is 0. The number of aromatic amines is 1. The number of benzene rings is 1. The second-order valence-electron chi connectivity index (χ2n) is 7.43. The molecule has 0 spiro atoms. The average molecular weight is 380 g/mol. The molecule has 0 unspecified atom stereocenters. The van der Waals surface area contributed by atoms with Crippen LogP contribution in [0.1, 0.15) is 30.7 Å². The van der Waals surface area contributed by atoms with Crippen molar-refractivity contribution in [2.45, 2.75) is 39.2 Å². The second-order valence-corrected chi connectivity index (χ2v) is 7.43. The van der Waals surface area contributed by atoms with Crippen LogP contribution in [-0.2, 0) is 17.8 Å². The van der Waals surface area contributed by atoms with Gasteiger partial charge >= 0.3 is 0 Å². The van der Waals surface area contributed by atoms with Crippen LogP contribution in [0.3, 0.4) is 0 Å². The number of nitrogens with one attached hydrogen (secondary N) is 1. The minimum atomic E-state index is -0.268. The molecule has 0 aliphatic carbocycles. The molecule has 1 atom stereocenters. The highest BCUT2D eigenvalue weighted by molar-refractivity contribution is 5.76. The van der Waals surface area contributed by atoms with E-state index in [0.29, 0.717) is 31.0 Å². The fraction of sp³-hybridized carbons (Fsp3) is 0.450. The van der Waals surface area contributed by atoms with Gasteiger partial charge in [0.15, 0.2) is 11.2 Å². The minimum Gasteiger partial charge on any atom is -0.342 e. The zero-order valence-corrected chi connectivity index (χ0v) is 16.0. The molecular weight excluding hydrogens is 356 g/mol. The molecule has 1 amide bonds. The molecule has 8 nitrogen and oxygen atoms in total. The standard InChI is InChI=1S/C20H24N6O2/c1-14-21-19-18(20(28)22-14)23-24-26(19)13-16-8-5-11-25(12-16)17(27)10-9-15-6-3-2-4-7-15/h2-4,6-7,16H,5,8-13H2,1H3,(H,21,22,28)/t16-/m1/s1. The third kappa shape index (κ3) is 3.95. The number of piperidine rings is 1. The Hall–Kier alpha value is -3.03. The molecule has 0 bridgehead atoms. The van der Waals surface area contributed by atoms with Crippen LogP contribution in [0.5, 0.6) is 0 Å². The first-order valence-corrected chi connectivity index (χ1v) is 9.72. The predicted molar refractivity (Wildman–Crippen MR) is 105 cm³/mol. The summed E-state index contributed by atoms with van der Waals surface area (Å²) in [7, 11) is 0. The molecule has 28 heavy (non-hydrogen) atoms. The minimum absolute atomic E-state index is 0.197. The number of aromatic nitrogens is 5. The van der Waals surface area contributed by atoms with Gasteiger partial charge in [-0.3, -0.25) is 9.59 Å². The third-order valence-corrected chi connectivity index (χ3v) is 5.27. The van der Waals surface area contributed by atoms with Crippen LogP contribution >= 0.6 is 0 Å². The SMILES string of the molecule is Cc1nc2c(nnn2C[C@@H]2CCCN(C(=O)CCc3ccccc3)C2)c(=O)[nH]1. The Morgan fingerprint density at radius 2 is 2.11 bits per heavy atom. The average Bonchev–Trinajstić information content (AvgIpc) is 3.10. The van der Waals surface area contributed by atoms with Crippen LogP contribution in [0.4, 0.5) is 0 Å². The maximum Gasteiger partial charge on any atom is 0.281 e. The number of carbonyl (C=O) groups is 1. The molecule has 8 heteroatoms. The maximum absolute atomic E-state index is 12.7. The summed E-state index contributed by atoms with van der Waals surface area (Å²) in [6, 6.07) is 10.1. The molecule has 1 aliphatic heterocycles. The number of amides is 1. The molecular formula is C20H24N6O2. The lowest BCUT2D eigenvalue weighted by Crippen LogP contribution is -2.41. The van der Waals surface area contributed by atoms with Crippen LogP contribution in [0.25, 0.3) is 11.2 Å². The summed E-state index contributed by atoms with van der Waals surface area (Å²) in [5.41, 5.74) is 1.69. The van der Waals surface area contributed by atoms with Gasteiger partial charge in [-0.05, 0) is 37.7 Å². The molecule has 4 rings (SSSR count). The molecule has 0 radical (unpaired) electrons. The van der Waals surface area contributed by atoms with Gasteiger partial charge in [0.1, 0.15) is 5.82 Å². The first-order valence-electron chi connectivity index (χ1n) is 9.72. The van der Waals surface area contributed by atoms with Crippen LogP contribution in [-0.4, -0.2) is 48.9 Å². The van der Waals surface area contributed by atoms with Gasteiger partial charge in [0.25, 0.3) is 5.56 Å². The molecule has 0 saturated carbocycles. The fourth-order valence-electron chi connectivity index (χ4n) is 3.84. The number of hydrogen-bond donors (Lipinski definition) is 1. The van der Waals surface area contributed by atoms with Crippen molar-refractivity contribution in [3.8, 4) is 0 Å². The second kappa shape index (κ2) is 7.92. The number of likely N-dealkylation sites (tertiary alicyclic amines) is 1. The largest absolute Gasteiger partial charge is 0.342 e. The van der Waals surface area contributed by atoms with Gasteiger partial charge in [-0.15, -0.1) is 5.10 Å². The van der Waals surface area contributed by atoms with Crippen molar-refractivity contribution in [2.75, 3.05) is 13.1 Å². The van der Waals surface area contributed by atoms with Crippen LogP contribution in [0.15, 0.2) is 35.1 Å². The van der Waals surface area contributed by atoms with Crippen LogP contribution < -0.4 is 5.56 Å². The quantitative estimate of drug-likeness (QED) is 0.727. The highest BCUT2D eigenvalue weighted by Crippen LogP contribution is 2.20. The van der Waals surface area contributed by atoms with Crippen molar-refractivity contribution >= 4 is 17.1 Å². The number of nitrogens with zero attached hydrogens (tertiary/aromatic N) is 5. The molecule has 1 N–H and O–H groups in total. The summed E-state index contributed by atoms with van der Waals surface area (Å²) in [4.78, 5) is 33.6. The van der Waals surface area contributed by atoms with E-state index in [1.54, 1.807) is 11.6 Å². The topological polar surface area (TPSA) is 96.8 Å². The van der Waals surface area contributed by atoms with Crippen molar-refractivity contribution in [3.05, 3.63) is 52.1 Å². The van der Waals surface area contributed by atoms with Gasteiger partial charge in [0, 0.05) is 26.1 Å². The smallest absolute Gasteiger partial charge is 0.281 e. The maximum atomic E-state index is 12.7. The van der Waals surface area contributed by atoms with Crippen molar-refractivity contribution in [2.24, 2.45) is 5.92 Å². The number of aryl methyl sites for hydroxylation is 2. The first kappa shape index (κ1) is 18.3. The van der Waals surface area contributed by atoms with Crippen molar-refractivity contribution < 1.29 is 4.79 Å². The Labute approximate surface area is 162 Å². The summed E-state index contributed by atoms with van der Waals surface area (Å²) in [5, 5.41) is 8.09. The lowest BCUT2D eigenvalue weighted by Gasteiger charge is -2.32. The Bertz CT molecular complexity index is 1030. The molecule has 3 aromatic rings. The lowest BCUT2D eigenvalue weighted by molar-refractivity contribution is -0.133. The molecule has 3 heterocycles. The van der Waals surface area contributed by atoms with Crippen molar-refractivity contribution in [1.29, 1.82) is 0 Å². The predicted octanol–water partition coefficient (Wildman–Crippen LogP) is 1.69. The van der Waals surface area contributed by atoms with Gasteiger partial charge in [0.2, 0.25) is 5.91 Å². The van der Waals surface area contributed by atoms with Gasteiger partial charge in [-0.2, -0.15) is 0 Å². The number of carbonyl (C=O) groups excluding carboxylic acids is 1. The highest BCUT2D eigenvalue weighted by Gasteiger charge is 2.25. The van der Waals surface area contributed by atoms with Gasteiger partial charge in [-0.25, -0.2) is 9.67 Å². The van der Waals surface area contributed by atoms with E-state index in [0.717, 1.165) is 25.8 Å². The number of hydrogen-bond acceptors (Lipinski definition) is 5. The molecule has 146 valence electrons. The summed E-state index contributed by atoms with van der Waals surface area (Å²) in [6.07, 6.45) is 3.28. The Morgan fingerprint density at radius 1 is 1.29 bits per heavy atom. The van der Waals surface area contributed by atoms with E-state index in [4.69, 9.17) is 0 Å². The van der Waals surface area contributed by atoms with Gasteiger partial charge in [0.05, 0.1) is 0 Å². The monoisotopic (exact) mass is 380 g/mol. The van der Waals surface area contributed by atoms with Gasteiger partial charge in [-0.1, -0.05) is 35.5 Å². The number of H-pyrrole nitrogens is 1. The third-order valence-electron chi connectivity index (χ3n) is 5.27. The number of fused-ring (bicyclic) bond motifs is 1. The molecule has 1 saturated heterocycles. The molecule has 1 fully saturated rings. The van der Waals surface area contributed by atoms with E-state index < -0.39 is 0 Å². The summed E-state index contributed by atoms with van der Waals surface area (Å²) in [6.45, 7) is 3.86. The lowest BCUT2D eigenvalue weighted by atomic mass is 9.97. The fourth-order valence-corrected chi connectivity index (χ4v) is 3.84. The van der Waals surface area contributed by atoms with Gasteiger partial charge < -0.3 is 9.88 Å².